The van der Waals surface area contributed by atoms with Gasteiger partial charge in [-0.3, -0.25) is 0 Å². The van der Waals surface area contributed by atoms with Crippen LogP contribution in [0.2, 0.25) is 0 Å². The summed E-state index contributed by atoms with van der Waals surface area (Å²) in [4.78, 5) is 0. The van der Waals surface area contributed by atoms with Gasteiger partial charge in [-0.1, -0.05) is 28.1 Å². The molecule has 16 heavy (non-hydrogen) atoms. The minimum absolute atomic E-state index is 0.175. The molecule has 1 rings (SSSR count). The van der Waals surface area contributed by atoms with E-state index in [1.165, 1.54) is 0 Å². The van der Waals surface area contributed by atoms with Gasteiger partial charge in [0.25, 0.3) is 6.43 Å². The second-order valence-corrected chi connectivity index (χ2v) is 4.33. The Morgan fingerprint density at radius 3 is 2.44 bits per heavy atom. The molecule has 0 bridgehead atoms. The molecule has 1 aromatic carbocycles. The van der Waals surface area contributed by atoms with E-state index in [9.17, 15) is 8.78 Å². The second-order valence-electron chi connectivity index (χ2n) is 3.41. The van der Waals surface area contributed by atoms with Crippen LogP contribution >= 0.6 is 15.9 Å². The lowest BCUT2D eigenvalue weighted by Gasteiger charge is -2.12. The van der Waals surface area contributed by atoms with Crippen LogP contribution < -0.4 is 5.73 Å². The standard InChI is InChI=1S/C11H14BrF2NO/c12-9-3-1-8(2-4-9)10(15)5-6-16-7-11(13)14/h1-4,10-11H,5-7,15H2. The zero-order valence-electron chi connectivity index (χ0n) is 8.70. The zero-order valence-corrected chi connectivity index (χ0v) is 10.3. The number of benzene rings is 1. The van der Waals surface area contributed by atoms with E-state index in [2.05, 4.69) is 15.9 Å². The first-order valence-corrected chi connectivity index (χ1v) is 5.76. The van der Waals surface area contributed by atoms with Gasteiger partial charge in [0, 0.05) is 17.1 Å². The molecule has 0 radical (unpaired) electrons. The molecule has 1 aromatic rings. The third-order valence-electron chi connectivity index (χ3n) is 2.12. The highest BCUT2D eigenvalue weighted by Crippen LogP contribution is 2.17. The van der Waals surface area contributed by atoms with Gasteiger partial charge in [-0.15, -0.1) is 0 Å². The van der Waals surface area contributed by atoms with Crippen molar-refractivity contribution >= 4 is 15.9 Å². The Hall–Kier alpha value is -0.520. The summed E-state index contributed by atoms with van der Waals surface area (Å²) in [6.07, 6.45) is -1.88. The topological polar surface area (TPSA) is 35.2 Å². The Kier molecular flexibility index (Phi) is 5.87. The second kappa shape index (κ2) is 6.93. The maximum absolute atomic E-state index is 11.8. The lowest BCUT2D eigenvalue weighted by molar-refractivity contribution is 0.0152. The smallest absolute Gasteiger partial charge is 0.261 e. The first kappa shape index (κ1) is 13.5. The molecule has 0 saturated carbocycles. The first-order valence-electron chi connectivity index (χ1n) is 4.96. The summed E-state index contributed by atoms with van der Waals surface area (Å²) >= 11 is 3.33. The molecule has 0 amide bonds. The van der Waals surface area contributed by atoms with Crippen molar-refractivity contribution in [1.29, 1.82) is 0 Å². The van der Waals surface area contributed by atoms with Crippen LogP contribution in [0.5, 0.6) is 0 Å². The summed E-state index contributed by atoms with van der Waals surface area (Å²) in [7, 11) is 0. The largest absolute Gasteiger partial charge is 0.375 e. The van der Waals surface area contributed by atoms with E-state index in [-0.39, 0.29) is 12.6 Å². The van der Waals surface area contributed by atoms with Gasteiger partial charge in [0.05, 0.1) is 0 Å². The fourth-order valence-electron chi connectivity index (χ4n) is 1.26. The molecule has 5 heteroatoms. The van der Waals surface area contributed by atoms with Gasteiger partial charge < -0.3 is 10.5 Å². The fraction of sp³-hybridized carbons (Fsp3) is 0.455. The van der Waals surface area contributed by atoms with E-state index >= 15 is 0 Å². The molecular weight excluding hydrogens is 280 g/mol. The summed E-state index contributed by atoms with van der Waals surface area (Å²) in [5.74, 6) is 0. The maximum Gasteiger partial charge on any atom is 0.261 e. The molecule has 90 valence electrons. The van der Waals surface area contributed by atoms with Crippen molar-refractivity contribution in [2.75, 3.05) is 13.2 Å². The van der Waals surface area contributed by atoms with Crippen LogP contribution in [0, 0.1) is 0 Å². The molecule has 0 saturated heterocycles. The van der Waals surface area contributed by atoms with Crippen molar-refractivity contribution in [2.45, 2.75) is 18.9 Å². The average molecular weight is 294 g/mol. The summed E-state index contributed by atoms with van der Waals surface area (Å²) in [6, 6.07) is 7.43. The minimum atomic E-state index is -2.41. The Bertz CT molecular complexity index is 305. The third-order valence-corrected chi connectivity index (χ3v) is 2.64. The monoisotopic (exact) mass is 293 g/mol. The molecule has 1 atom stereocenters. The minimum Gasteiger partial charge on any atom is -0.375 e. The van der Waals surface area contributed by atoms with Crippen LogP contribution in [0.25, 0.3) is 0 Å². The molecule has 0 aliphatic rings. The van der Waals surface area contributed by atoms with Gasteiger partial charge >= 0.3 is 0 Å². The van der Waals surface area contributed by atoms with Gasteiger partial charge in [-0.05, 0) is 24.1 Å². The average Bonchev–Trinajstić information content (AvgIpc) is 2.25. The summed E-state index contributed by atoms with van der Waals surface area (Å²) < 4.78 is 29.3. The summed E-state index contributed by atoms with van der Waals surface area (Å²) in [5, 5.41) is 0. The van der Waals surface area contributed by atoms with E-state index < -0.39 is 13.0 Å². The Morgan fingerprint density at radius 2 is 1.88 bits per heavy atom. The van der Waals surface area contributed by atoms with Crippen molar-refractivity contribution in [3.05, 3.63) is 34.3 Å². The van der Waals surface area contributed by atoms with Crippen LogP contribution in [-0.2, 0) is 4.74 Å². The van der Waals surface area contributed by atoms with Crippen molar-refractivity contribution in [3.63, 3.8) is 0 Å². The van der Waals surface area contributed by atoms with E-state index in [1.807, 2.05) is 24.3 Å². The van der Waals surface area contributed by atoms with Crippen molar-refractivity contribution < 1.29 is 13.5 Å². The van der Waals surface area contributed by atoms with E-state index in [4.69, 9.17) is 10.5 Å². The quantitative estimate of drug-likeness (QED) is 0.818. The van der Waals surface area contributed by atoms with Gasteiger partial charge in [0.15, 0.2) is 0 Å². The molecule has 1 unspecified atom stereocenters. The molecule has 2 N–H and O–H groups in total. The molecule has 0 aliphatic heterocycles. The Balaban J connectivity index is 2.29. The normalized spacial score (nSPS) is 13.1. The van der Waals surface area contributed by atoms with Crippen LogP contribution in [0.3, 0.4) is 0 Å². The summed E-state index contributed by atoms with van der Waals surface area (Å²) in [5.41, 5.74) is 6.85. The molecule has 0 fully saturated rings. The molecule has 0 aliphatic carbocycles. The summed E-state index contributed by atoms with van der Waals surface area (Å²) in [6.45, 7) is -0.269. The van der Waals surface area contributed by atoms with Crippen LogP contribution in [0.4, 0.5) is 8.78 Å². The number of nitrogens with two attached hydrogens (primary N) is 1. The molecule has 0 heterocycles. The van der Waals surface area contributed by atoms with Crippen LogP contribution in [-0.4, -0.2) is 19.6 Å². The van der Waals surface area contributed by atoms with Gasteiger partial charge in [-0.25, -0.2) is 8.78 Å². The predicted octanol–water partition coefficient (Wildman–Crippen LogP) is 3.12. The Morgan fingerprint density at radius 1 is 1.25 bits per heavy atom. The van der Waals surface area contributed by atoms with E-state index in [0.29, 0.717) is 6.42 Å². The zero-order chi connectivity index (χ0) is 12.0. The number of ether oxygens (including phenoxy) is 1. The van der Waals surface area contributed by atoms with Crippen LogP contribution in [0.1, 0.15) is 18.0 Å². The fourth-order valence-corrected chi connectivity index (χ4v) is 1.52. The Labute approximate surface area is 102 Å². The SMILES string of the molecule is NC(CCOCC(F)F)c1ccc(Br)cc1. The molecule has 0 aromatic heterocycles. The maximum atomic E-state index is 11.8. The highest BCUT2D eigenvalue weighted by molar-refractivity contribution is 9.10. The van der Waals surface area contributed by atoms with Crippen LogP contribution in [0.15, 0.2) is 28.7 Å². The van der Waals surface area contributed by atoms with E-state index in [0.717, 1.165) is 10.0 Å². The van der Waals surface area contributed by atoms with Gasteiger partial charge in [0.2, 0.25) is 0 Å². The number of hydrogen-bond donors (Lipinski definition) is 1. The van der Waals surface area contributed by atoms with Crippen molar-refractivity contribution in [1.82, 2.24) is 0 Å². The molecule has 0 spiro atoms. The van der Waals surface area contributed by atoms with Crippen molar-refractivity contribution in [2.24, 2.45) is 5.73 Å². The molecular formula is C11H14BrF2NO. The van der Waals surface area contributed by atoms with E-state index in [1.54, 1.807) is 0 Å². The van der Waals surface area contributed by atoms with Crippen molar-refractivity contribution in [3.8, 4) is 0 Å². The first-order chi connectivity index (χ1) is 7.59. The number of hydrogen-bond acceptors (Lipinski definition) is 2. The van der Waals surface area contributed by atoms with Gasteiger partial charge in [-0.2, -0.15) is 0 Å². The third kappa shape index (κ3) is 5.01. The molecule has 2 nitrogen and oxygen atoms in total. The van der Waals surface area contributed by atoms with Gasteiger partial charge in [0.1, 0.15) is 6.61 Å². The predicted molar refractivity (Wildman–Crippen MR) is 62.5 cm³/mol. The number of rotatable bonds is 6. The highest BCUT2D eigenvalue weighted by atomic mass is 79.9. The highest BCUT2D eigenvalue weighted by Gasteiger charge is 2.07. The lowest BCUT2D eigenvalue weighted by Crippen LogP contribution is -2.14. The number of alkyl halides is 2. The lowest BCUT2D eigenvalue weighted by atomic mass is 10.1. The number of halogens is 3.